The quantitative estimate of drug-likeness (QED) is 0.409. The van der Waals surface area contributed by atoms with Gasteiger partial charge in [0.15, 0.2) is 0 Å². The molecule has 0 saturated carbocycles. The lowest BCUT2D eigenvalue weighted by molar-refractivity contribution is 1.06. The number of rotatable bonds is 1. The maximum Gasteiger partial charge on any atom is 0.115 e. The third-order valence-electron chi connectivity index (χ3n) is 3.01. The van der Waals surface area contributed by atoms with Gasteiger partial charge in [-0.3, -0.25) is 0 Å². The highest BCUT2D eigenvalue weighted by molar-refractivity contribution is 7.34. The molecule has 9 heavy (non-hydrogen) atoms. The van der Waals surface area contributed by atoms with Gasteiger partial charge in [0.2, 0.25) is 0 Å². The van der Waals surface area contributed by atoms with Crippen molar-refractivity contribution < 1.29 is 0 Å². The molecule has 0 bridgehead atoms. The monoisotopic (exact) mass is 118 g/mol. The summed E-state index contributed by atoms with van der Waals surface area (Å²) in [4.78, 5) is 0. The van der Waals surface area contributed by atoms with Crippen LogP contribution in [-0.4, -0.2) is 28.7 Å². The Morgan fingerprint density at radius 1 is 1.67 bits per heavy atom. The maximum absolute atomic E-state index is 2.40. The van der Waals surface area contributed by atoms with Crippen LogP contribution in [0.15, 0.2) is 0 Å². The van der Waals surface area contributed by atoms with Gasteiger partial charge in [-0.1, -0.05) is 31.7 Å². The van der Waals surface area contributed by atoms with Gasteiger partial charge in [-0.25, -0.2) is 0 Å². The average Bonchev–Trinajstić information content (AvgIpc) is 2.12. The van der Waals surface area contributed by atoms with Crippen LogP contribution in [0.5, 0.6) is 0 Å². The van der Waals surface area contributed by atoms with E-state index < -0.39 is 0 Å². The van der Waals surface area contributed by atoms with Crippen molar-refractivity contribution in [2.75, 3.05) is 0 Å². The summed E-state index contributed by atoms with van der Waals surface area (Å²) >= 11 is 0. The van der Waals surface area contributed by atoms with Crippen LogP contribution in [0.25, 0.3) is 0 Å². The van der Waals surface area contributed by atoms with E-state index in [0.717, 1.165) is 18.1 Å². The zero-order valence-corrected chi connectivity index (χ0v) is 6.85. The van der Waals surface area contributed by atoms with Crippen molar-refractivity contribution in [3.05, 3.63) is 0 Å². The topological polar surface area (TPSA) is 0 Å². The molecular weight excluding hydrogens is 103 g/mol. The molecule has 1 saturated heterocycles. The van der Waals surface area contributed by atoms with Gasteiger partial charge in [0, 0.05) is 0 Å². The van der Waals surface area contributed by atoms with Crippen molar-refractivity contribution in [1.82, 2.24) is 0 Å². The first kappa shape index (κ1) is 7.37. The summed E-state index contributed by atoms with van der Waals surface area (Å²) in [5.41, 5.74) is 1.00. The zero-order chi connectivity index (χ0) is 6.85. The summed E-state index contributed by atoms with van der Waals surface area (Å²) in [6.07, 6.45) is 1.47. The van der Waals surface area contributed by atoms with Crippen LogP contribution in [-0.2, 0) is 0 Å². The van der Waals surface area contributed by atoms with Crippen LogP contribution >= 0.6 is 0 Å². The summed E-state index contributed by atoms with van der Waals surface area (Å²) in [5.74, 6) is 1.00. The molecule has 0 amide bonds. The van der Waals surface area contributed by atoms with E-state index in [1.807, 2.05) is 0 Å². The first-order valence-corrected chi connectivity index (χ1v) is 4.25. The molecule has 0 spiro atoms. The number of hydrogen-bond acceptors (Lipinski definition) is 0. The van der Waals surface area contributed by atoms with E-state index in [1.165, 1.54) is 20.7 Å². The fraction of sp³-hybridized carbons (Fsp3) is 1.00. The van der Waals surface area contributed by atoms with Crippen LogP contribution in [0.1, 0.15) is 13.8 Å². The zero-order valence-electron chi connectivity index (χ0n) is 6.85. The second-order valence-electron chi connectivity index (χ2n) is 3.60. The van der Waals surface area contributed by atoms with Crippen molar-refractivity contribution >= 4 is 28.7 Å². The molecule has 0 aliphatic carbocycles. The second kappa shape index (κ2) is 2.90. The highest BCUT2D eigenvalue weighted by Crippen LogP contribution is 2.31. The van der Waals surface area contributed by atoms with Crippen LogP contribution in [0.3, 0.4) is 0 Å². The lowest BCUT2D eigenvalue weighted by atomic mass is 9.07. The second-order valence-corrected chi connectivity index (χ2v) is 3.60. The molecular formula is C5H14B4. The van der Waals surface area contributed by atoms with Crippen LogP contribution < -0.4 is 0 Å². The normalized spacial score (nSPS) is 34.2. The van der Waals surface area contributed by atoms with E-state index in [2.05, 4.69) is 21.6 Å². The lowest BCUT2D eigenvalue weighted by Gasteiger charge is -2.12. The Hall–Kier alpha value is 0.260. The van der Waals surface area contributed by atoms with Gasteiger partial charge in [-0.2, -0.15) is 0 Å². The van der Waals surface area contributed by atoms with Gasteiger partial charge in [0.25, 0.3) is 0 Å². The highest BCUT2D eigenvalue weighted by atomic mass is 14.0. The Balaban J connectivity index is 2.44. The Morgan fingerprint density at radius 2 is 2.33 bits per heavy atom. The fourth-order valence-electron chi connectivity index (χ4n) is 2.32. The van der Waals surface area contributed by atoms with Crippen molar-refractivity contribution in [2.45, 2.75) is 31.7 Å². The summed E-state index contributed by atoms with van der Waals surface area (Å²) in [5, 5.41) is 0. The smallest absolute Gasteiger partial charge is 0.0956 e. The molecule has 0 aromatic heterocycles. The molecule has 2 atom stereocenters. The first-order valence-electron chi connectivity index (χ1n) is 4.25. The average molecular weight is 117 g/mol. The molecule has 46 valence electrons. The van der Waals surface area contributed by atoms with Gasteiger partial charge in [0.05, 0.1) is 21.4 Å². The highest BCUT2D eigenvalue weighted by Gasteiger charge is 2.31. The predicted octanol–water partition coefficient (Wildman–Crippen LogP) is -0.431. The summed E-state index contributed by atoms with van der Waals surface area (Å²) in [7, 11) is 5.19. The molecule has 0 nitrogen and oxygen atoms in total. The van der Waals surface area contributed by atoms with E-state index >= 15 is 0 Å². The van der Waals surface area contributed by atoms with Crippen molar-refractivity contribution in [2.24, 2.45) is 0 Å². The molecule has 4 heteroatoms. The third kappa shape index (κ3) is 1.39. The minimum Gasteiger partial charge on any atom is -0.0956 e. The van der Waals surface area contributed by atoms with Crippen LogP contribution in [0.4, 0.5) is 0 Å². The van der Waals surface area contributed by atoms with Gasteiger partial charge >= 0.3 is 0 Å². The predicted molar refractivity (Wildman–Crippen MR) is 52.3 cm³/mol. The molecule has 1 unspecified atom stereocenters. The Kier molecular flexibility index (Phi) is 2.37. The Bertz CT molecular complexity index is 85.0. The van der Waals surface area contributed by atoms with Crippen LogP contribution in [0.2, 0.25) is 17.9 Å². The van der Waals surface area contributed by atoms with E-state index in [0.29, 0.717) is 0 Å². The number of hydrogen-bond donors (Lipinski definition) is 0. The minimum absolute atomic E-state index is 1.00. The van der Waals surface area contributed by atoms with E-state index in [-0.39, 0.29) is 0 Å². The van der Waals surface area contributed by atoms with Gasteiger partial charge in [-0.05, 0) is 0 Å². The Labute approximate surface area is 61.1 Å². The van der Waals surface area contributed by atoms with Gasteiger partial charge in [-0.15, -0.1) is 0 Å². The van der Waals surface area contributed by atoms with E-state index in [1.54, 1.807) is 0 Å². The lowest BCUT2D eigenvalue weighted by Crippen LogP contribution is -2.27. The first-order chi connectivity index (χ1) is 4.25. The van der Waals surface area contributed by atoms with Crippen LogP contribution in [0, 0.1) is 0 Å². The molecule has 1 rings (SSSR count). The third-order valence-corrected chi connectivity index (χ3v) is 3.01. The SMILES string of the molecule is BBB1C(C)BC[C@H]1C. The molecule has 1 aliphatic rings. The molecule has 1 aliphatic heterocycles. The minimum atomic E-state index is 1.00. The largest absolute Gasteiger partial charge is 0.115 e. The maximum atomic E-state index is 2.40. The van der Waals surface area contributed by atoms with E-state index in [9.17, 15) is 0 Å². The van der Waals surface area contributed by atoms with Gasteiger partial charge in [0.1, 0.15) is 7.28 Å². The van der Waals surface area contributed by atoms with E-state index in [4.69, 9.17) is 0 Å². The molecule has 0 N–H and O–H groups in total. The summed E-state index contributed by atoms with van der Waals surface area (Å²) in [6.45, 7) is 5.83. The Morgan fingerprint density at radius 3 is 2.56 bits per heavy atom. The molecule has 0 aromatic carbocycles. The van der Waals surface area contributed by atoms with Crippen molar-refractivity contribution in [3.63, 3.8) is 0 Å². The summed E-state index contributed by atoms with van der Waals surface area (Å²) < 4.78 is 0. The molecule has 0 aromatic rings. The summed E-state index contributed by atoms with van der Waals surface area (Å²) in [6, 6.07) is 0. The molecule has 1 fully saturated rings. The van der Waals surface area contributed by atoms with Crippen molar-refractivity contribution in [1.29, 1.82) is 0 Å². The van der Waals surface area contributed by atoms with Crippen molar-refractivity contribution in [3.8, 4) is 0 Å². The standard InChI is InChI=1S/C5H14B4/c1-4-3-7-5(2)9(4)8-6/h4-5,7-8H,3,6H2,1-2H3/t4-,5?/m1/s1. The van der Waals surface area contributed by atoms with Gasteiger partial charge < -0.3 is 0 Å². The fourth-order valence-corrected chi connectivity index (χ4v) is 2.32. The molecule has 1 heterocycles. The molecule has 0 radical (unpaired) electrons.